The molecule has 0 bridgehead atoms. The number of aromatic nitrogens is 2. The summed E-state index contributed by atoms with van der Waals surface area (Å²) >= 11 is 0. The minimum Gasteiger partial charge on any atom is -0.465 e. The Labute approximate surface area is 176 Å². The van der Waals surface area contributed by atoms with Crippen LogP contribution in [0.15, 0.2) is 36.0 Å². The van der Waals surface area contributed by atoms with Crippen molar-refractivity contribution in [1.29, 1.82) is 0 Å². The number of hydrogen-bond acceptors (Lipinski definition) is 7. The van der Waals surface area contributed by atoms with Gasteiger partial charge in [0, 0.05) is 30.1 Å². The summed E-state index contributed by atoms with van der Waals surface area (Å²) in [7, 11) is 1.69. The predicted octanol–water partition coefficient (Wildman–Crippen LogP) is 3.61. The zero-order valence-electron chi connectivity index (χ0n) is 16.9. The first-order valence-electron chi connectivity index (χ1n) is 9.56. The number of allylic oxidation sites excluding steroid dienone is 1. The number of benzene rings is 1. The molecular weight excluding hydrogens is 412 g/mol. The number of carboxylic acid groups (broad SMARTS) is 1. The Morgan fingerprint density at radius 1 is 1.32 bits per heavy atom. The van der Waals surface area contributed by atoms with Gasteiger partial charge in [-0.05, 0) is 19.4 Å². The molecule has 3 N–H and O–H groups in total. The van der Waals surface area contributed by atoms with Gasteiger partial charge in [-0.1, -0.05) is 18.2 Å². The lowest BCUT2D eigenvalue weighted by Crippen LogP contribution is -2.49. The van der Waals surface area contributed by atoms with Crippen LogP contribution in [0.1, 0.15) is 23.6 Å². The van der Waals surface area contributed by atoms with Crippen LogP contribution in [-0.4, -0.2) is 52.5 Å². The van der Waals surface area contributed by atoms with E-state index >= 15 is 8.78 Å². The van der Waals surface area contributed by atoms with E-state index in [4.69, 9.17) is 9.47 Å². The third-order valence-electron chi connectivity index (χ3n) is 5.12. The quantitative estimate of drug-likeness (QED) is 0.628. The monoisotopic (exact) mass is 433 g/mol. The van der Waals surface area contributed by atoms with Gasteiger partial charge in [0.2, 0.25) is 12.7 Å². The molecular formula is C20H21F2N5O4. The Balaban J connectivity index is 1.71. The van der Waals surface area contributed by atoms with Gasteiger partial charge in [-0.25, -0.2) is 14.7 Å². The molecule has 3 heterocycles. The number of hydrogen-bond donors (Lipinski definition) is 3. The second-order valence-corrected chi connectivity index (χ2v) is 7.15. The highest BCUT2D eigenvalue weighted by molar-refractivity contribution is 5.67. The van der Waals surface area contributed by atoms with E-state index in [1.807, 2.05) is 0 Å². The molecule has 0 saturated carbocycles. The molecule has 0 saturated heterocycles. The maximum atomic E-state index is 15.4. The van der Waals surface area contributed by atoms with Crippen LogP contribution >= 0.6 is 0 Å². The third-order valence-corrected chi connectivity index (χ3v) is 5.12. The summed E-state index contributed by atoms with van der Waals surface area (Å²) in [6.07, 6.45) is -0.333. The van der Waals surface area contributed by atoms with Gasteiger partial charge >= 0.3 is 12.1 Å². The number of para-hydroxylation sites is 1. The topological polar surface area (TPSA) is 109 Å². The van der Waals surface area contributed by atoms with E-state index in [0.717, 1.165) is 0 Å². The minimum absolute atomic E-state index is 0.0750. The number of aryl methyl sites for hydroxylation is 1. The van der Waals surface area contributed by atoms with Crippen LogP contribution in [0.4, 0.5) is 25.3 Å². The first-order valence-corrected chi connectivity index (χ1v) is 9.56. The van der Waals surface area contributed by atoms with E-state index in [1.54, 1.807) is 38.2 Å². The number of halogens is 2. The summed E-state index contributed by atoms with van der Waals surface area (Å²) in [5.41, 5.74) is 1.10. The lowest BCUT2D eigenvalue weighted by atomic mass is 9.92. The van der Waals surface area contributed by atoms with Gasteiger partial charge in [0.1, 0.15) is 5.82 Å². The fourth-order valence-corrected chi connectivity index (χ4v) is 3.65. The van der Waals surface area contributed by atoms with Crippen molar-refractivity contribution >= 4 is 17.9 Å². The molecule has 164 valence electrons. The van der Waals surface area contributed by atoms with Crippen LogP contribution in [0.25, 0.3) is 0 Å². The highest BCUT2D eigenvalue weighted by Crippen LogP contribution is 2.48. The Kier molecular flexibility index (Phi) is 5.25. The highest BCUT2D eigenvalue weighted by Gasteiger charge is 2.51. The van der Waals surface area contributed by atoms with Gasteiger partial charge in [-0.15, -0.1) is 0 Å². The number of fused-ring (bicyclic) bond motifs is 1. The smallest absolute Gasteiger partial charge is 0.412 e. The molecule has 2 aliphatic rings. The van der Waals surface area contributed by atoms with Gasteiger partial charge in [0.25, 0.3) is 0 Å². The molecule has 1 unspecified atom stereocenters. The van der Waals surface area contributed by atoms with E-state index in [9.17, 15) is 9.90 Å². The van der Waals surface area contributed by atoms with Crippen molar-refractivity contribution in [3.63, 3.8) is 0 Å². The normalized spacial score (nSPS) is 19.4. The standard InChI is InChI=1S/C20H21F2N5O4/c1-11-8-16(23-2)26-18(24-11)25-12-6-7-14(20(21,22)27(9-12)19(28)29)13-4-3-5-15-17(13)31-10-30-15/h3-6,8,14H,7,9-10H2,1-2H3,(H,28,29)(H2,23,24,25,26). The highest BCUT2D eigenvalue weighted by atomic mass is 19.3. The summed E-state index contributed by atoms with van der Waals surface area (Å²) in [5, 5.41) is 15.3. The van der Waals surface area contributed by atoms with Crippen molar-refractivity contribution in [2.75, 3.05) is 31.0 Å². The summed E-state index contributed by atoms with van der Waals surface area (Å²) < 4.78 is 41.6. The second-order valence-electron chi connectivity index (χ2n) is 7.15. The molecule has 1 amide bonds. The molecule has 1 aromatic carbocycles. The number of nitrogens with one attached hydrogen (secondary N) is 2. The van der Waals surface area contributed by atoms with E-state index in [1.165, 1.54) is 6.07 Å². The lowest BCUT2D eigenvalue weighted by molar-refractivity contribution is -0.141. The second kappa shape index (κ2) is 7.89. The summed E-state index contributed by atoms with van der Waals surface area (Å²) in [4.78, 5) is 20.4. The molecule has 2 aromatic rings. The van der Waals surface area contributed by atoms with E-state index in [2.05, 4.69) is 20.6 Å². The Bertz CT molecular complexity index is 1050. The average Bonchev–Trinajstić information content (AvgIpc) is 3.15. The minimum atomic E-state index is -3.70. The first kappa shape index (κ1) is 20.6. The molecule has 0 fully saturated rings. The molecule has 1 atom stereocenters. The Morgan fingerprint density at radius 3 is 2.87 bits per heavy atom. The molecule has 2 aliphatic heterocycles. The molecule has 1 aromatic heterocycles. The molecule has 4 rings (SSSR count). The van der Waals surface area contributed by atoms with Crippen LogP contribution in [0.2, 0.25) is 0 Å². The number of carbonyl (C=O) groups is 1. The van der Waals surface area contributed by atoms with E-state index in [0.29, 0.717) is 17.3 Å². The van der Waals surface area contributed by atoms with Crippen LogP contribution < -0.4 is 20.1 Å². The Morgan fingerprint density at radius 2 is 2.13 bits per heavy atom. The number of anilines is 2. The fourth-order valence-electron chi connectivity index (χ4n) is 3.65. The Hall–Kier alpha value is -3.63. The number of amides is 1. The average molecular weight is 433 g/mol. The molecule has 31 heavy (non-hydrogen) atoms. The van der Waals surface area contributed by atoms with Crippen molar-refractivity contribution in [1.82, 2.24) is 14.9 Å². The maximum absolute atomic E-state index is 15.4. The molecule has 0 radical (unpaired) electrons. The van der Waals surface area contributed by atoms with E-state index in [-0.39, 0.29) is 41.1 Å². The van der Waals surface area contributed by atoms with Gasteiger partial charge in [-0.3, -0.25) is 0 Å². The predicted molar refractivity (Wildman–Crippen MR) is 108 cm³/mol. The van der Waals surface area contributed by atoms with Crippen molar-refractivity contribution < 1.29 is 28.2 Å². The number of nitrogens with zero attached hydrogens (tertiary/aromatic N) is 3. The van der Waals surface area contributed by atoms with Gasteiger partial charge < -0.3 is 25.2 Å². The molecule has 0 aliphatic carbocycles. The van der Waals surface area contributed by atoms with Crippen molar-refractivity contribution in [3.05, 3.63) is 47.3 Å². The summed E-state index contributed by atoms with van der Waals surface area (Å²) in [6.45, 7) is 1.13. The van der Waals surface area contributed by atoms with Crippen molar-refractivity contribution in [2.45, 2.75) is 25.3 Å². The third kappa shape index (κ3) is 3.90. The van der Waals surface area contributed by atoms with Gasteiger partial charge in [0.05, 0.1) is 12.5 Å². The molecule has 0 spiro atoms. The van der Waals surface area contributed by atoms with Gasteiger partial charge in [0.15, 0.2) is 11.5 Å². The maximum Gasteiger partial charge on any atom is 0.412 e. The fraction of sp³-hybridized carbons (Fsp3) is 0.350. The summed E-state index contributed by atoms with van der Waals surface area (Å²) in [5.74, 6) is -0.178. The first-order chi connectivity index (χ1) is 14.8. The number of rotatable bonds is 4. The van der Waals surface area contributed by atoms with Crippen molar-refractivity contribution in [3.8, 4) is 11.5 Å². The number of alkyl halides is 2. The lowest BCUT2D eigenvalue weighted by Gasteiger charge is -2.33. The molecule has 11 heteroatoms. The SMILES string of the molecule is CNc1cc(C)nc(NC2=CCC(c3cccc4c3OCO4)C(F)(F)N(C(=O)O)C2)n1. The van der Waals surface area contributed by atoms with Crippen LogP contribution in [-0.2, 0) is 0 Å². The zero-order valence-corrected chi connectivity index (χ0v) is 16.9. The van der Waals surface area contributed by atoms with E-state index < -0.39 is 24.6 Å². The van der Waals surface area contributed by atoms with Crippen LogP contribution in [0.3, 0.4) is 0 Å². The molecule has 9 nitrogen and oxygen atoms in total. The van der Waals surface area contributed by atoms with Crippen molar-refractivity contribution in [2.24, 2.45) is 0 Å². The zero-order chi connectivity index (χ0) is 22.2. The van der Waals surface area contributed by atoms with Gasteiger partial charge in [-0.2, -0.15) is 13.8 Å². The van der Waals surface area contributed by atoms with Crippen LogP contribution in [0, 0.1) is 6.92 Å². The largest absolute Gasteiger partial charge is 0.465 e. The number of ether oxygens (including phenoxy) is 2. The van der Waals surface area contributed by atoms with Crippen LogP contribution in [0.5, 0.6) is 11.5 Å². The summed E-state index contributed by atoms with van der Waals surface area (Å²) in [6, 6.07) is 2.72.